The average molecular weight is 479 g/mol. The van der Waals surface area contributed by atoms with E-state index in [1.165, 1.54) is 0 Å². The minimum absolute atomic E-state index is 0.0728. The number of hydrogen-bond acceptors (Lipinski definition) is 6. The van der Waals surface area contributed by atoms with E-state index in [0.29, 0.717) is 17.4 Å². The van der Waals surface area contributed by atoms with E-state index in [1.54, 1.807) is 7.11 Å². The fourth-order valence-corrected chi connectivity index (χ4v) is 4.69. The molecule has 1 saturated heterocycles. The first-order chi connectivity index (χ1) is 16.5. The summed E-state index contributed by atoms with van der Waals surface area (Å²) in [6.07, 6.45) is 1.16. The molecule has 1 aromatic heterocycles. The van der Waals surface area contributed by atoms with E-state index in [1.807, 2.05) is 58.9 Å². The van der Waals surface area contributed by atoms with Crippen molar-refractivity contribution in [3.63, 3.8) is 0 Å². The standard InChI is InChI=1S/C25H27ClN6O2/c1-16-29-30-25-21(15-23(33)31-12-3-10-27-11-13-31)28-24(17-4-6-18(26)7-5-17)20-14-19(34-2)8-9-22(20)32(16)25/h4-9,14,21,27H,3,10-13,15H2,1-2H3/t21-/m0/s1. The lowest BCUT2D eigenvalue weighted by molar-refractivity contribution is -0.131. The van der Waals surface area contributed by atoms with Gasteiger partial charge in [0, 0.05) is 35.8 Å². The van der Waals surface area contributed by atoms with Gasteiger partial charge < -0.3 is 15.0 Å². The zero-order valence-corrected chi connectivity index (χ0v) is 20.0. The first-order valence-corrected chi connectivity index (χ1v) is 11.9. The van der Waals surface area contributed by atoms with E-state index in [0.717, 1.165) is 60.2 Å². The molecule has 1 atom stereocenters. The predicted molar refractivity (Wildman–Crippen MR) is 131 cm³/mol. The van der Waals surface area contributed by atoms with E-state index >= 15 is 0 Å². The second-order valence-corrected chi connectivity index (χ2v) is 8.95. The fourth-order valence-electron chi connectivity index (χ4n) is 4.57. The second kappa shape index (κ2) is 9.56. The van der Waals surface area contributed by atoms with Crippen molar-refractivity contribution in [3.8, 4) is 11.4 Å². The van der Waals surface area contributed by atoms with Crippen LogP contribution in [-0.2, 0) is 4.79 Å². The highest BCUT2D eigenvalue weighted by Crippen LogP contribution is 2.34. The highest BCUT2D eigenvalue weighted by molar-refractivity contribution is 6.30. The molecule has 2 aliphatic heterocycles. The van der Waals surface area contributed by atoms with Gasteiger partial charge >= 0.3 is 0 Å². The summed E-state index contributed by atoms with van der Waals surface area (Å²) in [5, 5.41) is 12.8. The van der Waals surface area contributed by atoms with Gasteiger partial charge in [-0.3, -0.25) is 14.4 Å². The summed E-state index contributed by atoms with van der Waals surface area (Å²) >= 11 is 6.17. The number of aliphatic imine (C=N–C) groups is 1. The number of ether oxygens (including phenoxy) is 1. The smallest absolute Gasteiger partial charge is 0.225 e. The fraction of sp³-hybridized carbons (Fsp3) is 0.360. The molecule has 5 rings (SSSR count). The Morgan fingerprint density at radius 1 is 1.15 bits per heavy atom. The lowest BCUT2D eigenvalue weighted by Gasteiger charge is -2.22. The molecule has 2 aliphatic rings. The van der Waals surface area contributed by atoms with Crippen LogP contribution in [0.1, 0.15) is 41.7 Å². The first-order valence-electron chi connectivity index (χ1n) is 11.5. The summed E-state index contributed by atoms with van der Waals surface area (Å²) in [7, 11) is 1.64. The number of carbonyl (C=O) groups is 1. The maximum absolute atomic E-state index is 13.3. The van der Waals surface area contributed by atoms with Crippen molar-refractivity contribution >= 4 is 23.2 Å². The third-order valence-corrected chi connectivity index (χ3v) is 6.56. The van der Waals surface area contributed by atoms with Gasteiger partial charge in [-0.2, -0.15) is 0 Å². The van der Waals surface area contributed by atoms with Crippen LogP contribution in [0.15, 0.2) is 47.5 Å². The predicted octanol–water partition coefficient (Wildman–Crippen LogP) is 3.34. The topological polar surface area (TPSA) is 84.6 Å². The first kappa shape index (κ1) is 22.6. The maximum Gasteiger partial charge on any atom is 0.225 e. The summed E-state index contributed by atoms with van der Waals surface area (Å²) in [5.41, 5.74) is 3.47. The SMILES string of the molecule is COc1ccc2c(c1)C(c1ccc(Cl)cc1)=N[C@@H](CC(=O)N1CCCNCC1)c1nnc(C)n1-2. The highest BCUT2D eigenvalue weighted by Gasteiger charge is 2.31. The van der Waals surface area contributed by atoms with E-state index in [-0.39, 0.29) is 12.3 Å². The Balaban J connectivity index is 1.64. The van der Waals surface area contributed by atoms with Crippen molar-refractivity contribution in [1.82, 2.24) is 25.0 Å². The van der Waals surface area contributed by atoms with E-state index in [4.69, 9.17) is 21.3 Å². The van der Waals surface area contributed by atoms with E-state index < -0.39 is 6.04 Å². The second-order valence-electron chi connectivity index (χ2n) is 8.51. The highest BCUT2D eigenvalue weighted by atomic mass is 35.5. The number of aromatic nitrogens is 3. The van der Waals surface area contributed by atoms with Gasteiger partial charge in [0.2, 0.25) is 5.91 Å². The van der Waals surface area contributed by atoms with Gasteiger partial charge in [-0.1, -0.05) is 23.7 Å². The molecule has 34 heavy (non-hydrogen) atoms. The van der Waals surface area contributed by atoms with Crippen LogP contribution in [0.25, 0.3) is 5.69 Å². The summed E-state index contributed by atoms with van der Waals surface area (Å²) in [6, 6.07) is 13.0. The van der Waals surface area contributed by atoms with Crippen LogP contribution in [0.4, 0.5) is 0 Å². The third kappa shape index (κ3) is 4.31. The van der Waals surface area contributed by atoms with Crippen LogP contribution in [-0.4, -0.2) is 64.6 Å². The van der Waals surface area contributed by atoms with Crippen molar-refractivity contribution in [2.45, 2.75) is 25.8 Å². The number of benzene rings is 2. The van der Waals surface area contributed by atoms with Gasteiger partial charge in [0.25, 0.3) is 0 Å². The Morgan fingerprint density at radius 3 is 2.76 bits per heavy atom. The monoisotopic (exact) mass is 478 g/mol. The molecular weight excluding hydrogens is 452 g/mol. The molecule has 8 nitrogen and oxygen atoms in total. The zero-order valence-electron chi connectivity index (χ0n) is 19.3. The molecule has 2 aromatic carbocycles. The number of hydrogen-bond donors (Lipinski definition) is 1. The van der Waals surface area contributed by atoms with Crippen LogP contribution in [0.3, 0.4) is 0 Å². The number of methoxy groups -OCH3 is 1. The van der Waals surface area contributed by atoms with E-state index in [9.17, 15) is 4.79 Å². The van der Waals surface area contributed by atoms with Gasteiger partial charge in [0.05, 0.1) is 24.9 Å². The zero-order chi connectivity index (χ0) is 23.7. The molecule has 3 aromatic rings. The Kier molecular flexibility index (Phi) is 6.34. The van der Waals surface area contributed by atoms with Crippen molar-refractivity contribution in [2.24, 2.45) is 4.99 Å². The number of rotatable bonds is 4. The molecule has 3 heterocycles. The Bertz CT molecular complexity index is 1230. The maximum atomic E-state index is 13.3. The number of nitrogens with one attached hydrogen (secondary N) is 1. The Labute approximate surface area is 203 Å². The van der Waals surface area contributed by atoms with Crippen LogP contribution in [0.2, 0.25) is 5.02 Å². The number of carbonyl (C=O) groups excluding carboxylic acids is 1. The van der Waals surface area contributed by atoms with Crippen LogP contribution in [0.5, 0.6) is 5.75 Å². The molecule has 1 N–H and O–H groups in total. The quantitative estimate of drug-likeness (QED) is 0.621. The van der Waals surface area contributed by atoms with Crippen molar-refractivity contribution < 1.29 is 9.53 Å². The van der Waals surface area contributed by atoms with Crippen LogP contribution < -0.4 is 10.1 Å². The summed E-state index contributed by atoms with van der Waals surface area (Å²) in [5.74, 6) is 2.20. The molecule has 176 valence electrons. The minimum Gasteiger partial charge on any atom is -0.497 e. The van der Waals surface area contributed by atoms with Gasteiger partial charge in [0.1, 0.15) is 17.6 Å². The lowest BCUT2D eigenvalue weighted by atomic mass is 10.00. The van der Waals surface area contributed by atoms with Crippen LogP contribution in [0, 0.1) is 6.92 Å². The Hall–Kier alpha value is -3.23. The molecule has 1 fully saturated rings. The number of nitrogens with zero attached hydrogens (tertiary/aromatic N) is 5. The minimum atomic E-state index is -0.478. The largest absolute Gasteiger partial charge is 0.497 e. The number of halogens is 1. The van der Waals surface area contributed by atoms with Gasteiger partial charge in [0.15, 0.2) is 5.82 Å². The lowest BCUT2D eigenvalue weighted by Crippen LogP contribution is -2.35. The molecule has 0 saturated carbocycles. The third-order valence-electron chi connectivity index (χ3n) is 6.31. The normalized spacial score (nSPS) is 17.8. The summed E-state index contributed by atoms with van der Waals surface area (Å²) in [6.45, 7) is 5.09. The number of amides is 1. The average Bonchev–Trinajstić information content (AvgIpc) is 3.02. The van der Waals surface area contributed by atoms with Crippen molar-refractivity contribution in [1.29, 1.82) is 0 Å². The summed E-state index contributed by atoms with van der Waals surface area (Å²) in [4.78, 5) is 20.4. The van der Waals surface area contributed by atoms with Gasteiger partial charge in [-0.05, 0) is 50.2 Å². The van der Waals surface area contributed by atoms with Crippen molar-refractivity contribution in [3.05, 3.63) is 70.3 Å². The van der Waals surface area contributed by atoms with Crippen molar-refractivity contribution in [2.75, 3.05) is 33.3 Å². The molecule has 0 bridgehead atoms. The van der Waals surface area contributed by atoms with Gasteiger partial charge in [-0.15, -0.1) is 10.2 Å². The molecule has 0 radical (unpaired) electrons. The van der Waals surface area contributed by atoms with Crippen LogP contribution >= 0.6 is 11.6 Å². The molecule has 1 amide bonds. The molecule has 0 aliphatic carbocycles. The number of fused-ring (bicyclic) bond motifs is 3. The van der Waals surface area contributed by atoms with Gasteiger partial charge in [-0.25, -0.2) is 0 Å². The molecule has 9 heteroatoms. The molecule has 0 unspecified atom stereocenters. The molecular formula is C25H27ClN6O2. The Morgan fingerprint density at radius 2 is 1.97 bits per heavy atom. The van der Waals surface area contributed by atoms with E-state index in [2.05, 4.69) is 15.5 Å². The summed E-state index contributed by atoms with van der Waals surface area (Å²) < 4.78 is 7.53. The molecule has 0 spiro atoms. The number of aryl methyl sites for hydroxylation is 1.